The van der Waals surface area contributed by atoms with E-state index in [-0.39, 0.29) is 12.5 Å². The molecule has 0 heterocycles. The minimum Gasteiger partial charge on any atom is -0.396 e. The van der Waals surface area contributed by atoms with E-state index in [9.17, 15) is 5.11 Å². The van der Waals surface area contributed by atoms with E-state index in [0.29, 0.717) is 0 Å². The van der Waals surface area contributed by atoms with Crippen LogP contribution < -0.4 is 0 Å². The Morgan fingerprint density at radius 2 is 2.00 bits per heavy atom. The molecule has 0 bridgehead atoms. The van der Waals surface area contributed by atoms with Crippen molar-refractivity contribution < 1.29 is 5.11 Å². The van der Waals surface area contributed by atoms with Gasteiger partial charge in [0.2, 0.25) is 0 Å². The predicted octanol–water partition coefficient (Wildman–Crippen LogP) is 1.98. The number of hydrogen-bond donors (Lipinski definition) is 1. The van der Waals surface area contributed by atoms with Gasteiger partial charge >= 0.3 is 0 Å². The summed E-state index contributed by atoms with van der Waals surface area (Å²) in [7, 11) is 3.97. The van der Waals surface area contributed by atoms with Crippen molar-refractivity contribution >= 4 is 11.6 Å². The molecule has 2 nitrogen and oxygen atoms in total. The second-order valence-corrected chi connectivity index (χ2v) is 4.07. The Bertz CT molecular complexity index is 288. The maximum Gasteiger partial charge on any atom is 0.0512 e. The largest absolute Gasteiger partial charge is 0.396 e. The third-order valence-corrected chi connectivity index (χ3v) is 2.50. The molecule has 1 unspecified atom stereocenters. The van der Waals surface area contributed by atoms with E-state index in [4.69, 9.17) is 11.6 Å². The molecule has 0 radical (unpaired) electrons. The van der Waals surface area contributed by atoms with E-state index in [1.54, 1.807) is 0 Å². The average molecular weight is 214 g/mol. The summed E-state index contributed by atoms with van der Waals surface area (Å²) >= 11 is 6.05. The van der Waals surface area contributed by atoms with Gasteiger partial charge in [0.15, 0.2) is 0 Å². The molecule has 0 aliphatic rings. The molecule has 1 atom stereocenters. The van der Waals surface area contributed by atoms with Gasteiger partial charge in [-0.05, 0) is 25.7 Å². The number of aliphatic hydroxyl groups is 1. The molecule has 0 spiro atoms. The number of hydrogen-bond acceptors (Lipinski definition) is 2. The van der Waals surface area contributed by atoms with Crippen molar-refractivity contribution in [3.05, 3.63) is 34.9 Å². The zero-order valence-corrected chi connectivity index (χ0v) is 9.33. The standard InChI is InChI=1S/C11H16ClNO/c1-13(2)7-9(8-14)10-5-3-4-6-11(10)12/h3-6,9,14H,7-8H2,1-2H3. The first-order valence-electron chi connectivity index (χ1n) is 4.65. The first-order valence-corrected chi connectivity index (χ1v) is 5.03. The van der Waals surface area contributed by atoms with Gasteiger partial charge in [0.1, 0.15) is 0 Å². The molecule has 1 aromatic carbocycles. The lowest BCUT2D eigenvalue weighted by Crippen LogP contribution is -2.22. The van der Waals surface area contributed by atoms with E-state index in [1.165, 1.54) is 0 Å². The Balaban J connectivity index is 2.83. The lowest BCUT2D eigenvalue weighted by molar-refractivity contribution is 0.235. The first kappa shape index (κ1) is 11.5. The van der Waals surface area contributed by atoms with Gasteiger partial charge in [-0.3, -0.25) is 0 Å². The molecule has 0 aliphatic heterocycles. The summed E-state index contributed by atoms with van der Waals surface area (Å²) in [5.41, 5.74) is 1.02. The van der Waals surface area contributed by atoms with Crippen LogP contribution >= 0.6 is 11.6 Å². The number of likely N-dealkylation sites (N-methyl/N-ethyl adjacent to an activating group) is 1. The summed E-state index contributed by atoms with van der Waals surface area (Å²) in [6.45, 7) is 0.933. The van der Waals surface area contributed by atoms with Crippen molar-refractivity contribution in [3.63, 3.8) is 0 Å². The summed E-state index contributed by atoms with van der Waals surface area (Å²) < 4.78 is 0. The molecule has 14 heavy (non-hydrogen) atoms. The monoisotopic (exact) mass is 213 g/mol. The van der Waals surface area contributed by atoms with E-state index in [1.807, 2.05) is 43.3 Å². The first-order chi connectivity index (χ1) is 6.65. The van der Waals surface area contributed by atoms with Gasteiger partial charge in [-0.25, -0.2) is 0 Å². The lowest BCUT2D eigenvalue weighted by atomic mass is 10.00. The normalized spacial score (nSPS) is 13.2. The maximum atomic E-state index is 9.27. The van der Waals surface area contributed by atoms with Gasteiger partial charge in [0, 0.05) is 17.5 Å². The molecular weight excluding hydrogens is 198 g/mol. The zero-order valence-electron chi connectivity index (χ0n) is 8.57. The highest BCUT2D eigenvalue weighted by atomic mass is 35.5. The molecule has 3 heteroatoms. The zero-order chi connectivity index (χ0) is 10.6. The highest BCUT2D eigenvalue weighted by molar-refractivity contribution is 6.31. The van der Waals surface area contributed by atoms with Gasteiger partial charge in [0.05, 0.1) is 6.61 Å². The van der Waals surface area contributed by atoms with Crippen LogP contribution in [0.4, 0.5) is 0 Å². The van der Waals surface area contributed by atoms with Crippen molar-refractivity contribution in [1.82, 2.24) is 4.90 Å². The quantitative estimate of drug-likeness (QED) is 0.827. The van der Waals surface area contributed by atoms with Crippen LogP contribution in [-0.2, 0) is 0 Å². The number of nitrogens with zero attached hydrogens (tertiary/aromatic N) is 1. The maximum absolute atomic E-state index is 9.27. The minimum atomic E-state index is 0.0960. The fraction of sp³-hybridized carbons (Fsp3) is 0.455. The second-order valence-electron chi connectivity index (χ2n) is 3.66. The number of benzene rings is 1. The van der Waals surface area contributed by atoms with E-state index >= 15 is 0 Å². The molecule has 1 N–H and O–H groups in total. The van der Waals surface area contributed by atoms with Crippen molar-refractivity contribution in [3.8, 4) is 0 Å². The topological polar surface area (TPSA) is 23.5 Å². The van der Waals surface area contributed by atoms with Gasteiger partial charge in [0.25, 0.3) is 0 Å². The summed E-state index contributed by atoms with van der Waals surface area (Å²) in [5.74, 6) is 0.0960. The summed E-state index contributed by atoms with van der Waals surface area (Å²) in [6, 6.07) is 7.66. The van der Waals surface area contributed by atoms with Crippen LogP contribution in [0.3, 0.4) is 0 Å². The second kappa shape index (κ2) is 5.35. The molecule has 78 valence electrons. The van der Waals surface area contributed by atoms with Crippen LogP contribution in [0.15, 0.2) is 24.3 Å². The molecule has 0 amide bonds. The van der Waals surface area contributed by atoms with Crippen LogP contribution in [0, 0.1) is 0 Å². The molecule has 1 aromatic rings. The SMILES string of the molecule is CN(C)CC(CO)c1ccccc1Cl. The fourth-order valence-electron chi connectivity index (χ4n) is 1.50. The Labute approximate surface area is 90.1 Å². The number of aliphatic hydroxyl groups excluding tert-OH is 1. The third kappa shape index (κ3) is 2.98. The molecule has 0 saturated heterocycles. The molecule has 0 saturated carbocycles. The fourth-order valence-corrected chi connectivity index (χ4v) is 1.79. The van der Waals surface area contributed by atoms with E-state index in [2.05, 4.69) is 0 Å². The average Bonchev–Trinajstić information content (AvgIpc) is 2.15. The third-order valence-electron chi connectivity index (χ3n) is 2.15. The molecule has 0 aromatic heterocycles. The summed E-state index contributed by atoms with van der Waals surface area (Å²) in [5, 5.41) is 10.00. The van der Waals surface area contributed by atoms with E-state index in [0.717, 1.165) is 17.1 Å². The number of halogens is 1. The van der Waals surface area contributed by atoms with Crippen LogP contribution in [0.5, 0.6) is 0 Å². The van der Waals surface area contributed by atoms with Crippen LogP contribution in [-0.4, -0.2) is 37.3 Å². The van der Waals surface area contributed by atoms with Gasteiger partial charge in [-0.15, -0.1) is 0 Å². The Morgan fingerprint density at radius 1 is 1.36 bits per heavy atom. The Hall–Kier alpha value is -0.570. The van der Waals surface area contributed by atoms with Crippen molar-refractivity contribution in [2.24, 2.45) is 0 Å². The number of rotatable bonds is 4. The van der Waals surface area contributed by atoms with E-state index < -0.39 is 0 Å². The van der Waals surface area contributed by atoms with Crippen LogP contribution in [0.2, 0.25) is 5.02 Å². The van der Waals surface area contributed by atoms with Gasteiger partial charge in [-0.2, -0.15) is 0 Å². The van der Waals surface area contributed by atoms with Crippen molar-refractivity contribution in [1.29, 1.82) is 0 Å². The van der Waals surface area contributed by atoms with Gasteiger partial charge in [-0.1, -0.05) is 29.8 Å². The van der Waals surface area contributed by atoms with Crippen LogP contribution in [0.25, 0.3) is 0 Å². The summed E-state index contributed by atoms with van der Waals surface area (Å²) in [6.07, 6.45) is 0. The minimum absolute atomic E-state index is 0.0960. The molecular formula is C11H16ClNO. The highest BCUT2D eigenvalue weighted by Gasteiger charge is 2.13. The molecule has 1 rings (SSSR count). The molecule has 0 fully saturated rings. The van der Waals surface area contributed by atoms with Crippen molar-refractivity contribution in [2.45, 2.75) is 5.92 Å². The predicted molar refractivity (Wildman–Crippen MR) is 59.8 cm³/mol. The van der Waals surface area contributed by atoms with Crippen molar-refractivity contribution in [2.75, 3.05) is 27.2 Å². The Morgan fingerprint density at radius 3 is 2.50 bits per heavy atom. The highest BCUT2D eigenvalue weighted by Crippen LogP contribution is 2.24. The smallest absolute Gasteiger partial charge is 0.0512 e. The van der Waals surface area contributed by atoms with Crippen LogP contribution in [0.1, 0.15) is 11.5 Å². The lowest BCUT2D eigenvalue weighted by Gasteiger charge is -2.20. The van der Waals surface area contributed by atoms with Gasteiger partial charge < -0.3 is 10.0 Å². The Kier molecular flexibility index (Phi) is 4.39. The molecule has 0 aliphatic carbocycles. The summed E-state index contributed by atoms with van der Waals surface area (Å²) in [4.78, 5) is 2.05.